The van der Waals surface area contributed by atoms with Gasteiger partial charge in [0.1, 0.15) is 30.3 Å². The standard InChI is InChI=1S/C27H24N2O5S/c1-32-22-14-10-21(11-15-22)29-26(31)24(28(27(29)35)17-25(30)33-2)16-19-8-12-23(13-9-19)34-18-20-6-4-3-5-7-20/h3-16H,17-18H2,1-2H3/b24-16-. The molecule has 0 aromatic heterocycles. The van der Waals surface area contributed by atoms with Crippen LogP contribution in [-0.4, -0.2) is 42.7 Å². The number of esters is 1. The topological polar surface area (TPSA) is 68.3 Å². The average molecular weight is 489 g/mol. The molecule has 0 spiro atoms. The normalized spacial score (nSPS) is 14.4. The maximum Gasteiger partial charge on any atom is 0.325 e. The molecule has 0 N–H and O–H groups in total. The number of carbonyl (C=O) groups is 2. The molecule has 1 heterocycles. The zero-order valence-electron chi connectivity index (χ0n) is 19.3. The summed E-state index contributed by atoms with van der Waals surface area (Å²) in [4.78, 5) is 28.3. The second-order valence-corrected chi connectivity index (χ2v) is 8.02. The lowest BCUT2D eigenvalue weighted by atomic mass is 10.1. The van der Waals surface area contributed by atoms with Crippen LogP contribution in [0.2, 0.25) is 0 Å². The van der Waals surface area contributed by atoms with E-state index >= 15 is 0 Å². The minimum Gasteiger partial charge on any atom is -0.497 e. The maximum absolute atomic E-state index is 13.4. The smallest absolute Gasteiger partial charge is 0.325 e. The van der Waals surface area contributed by atoms with Gasteiger partial charge in [0.15, 0.2) is 5.11 Å². The van der Waals surface area contributed by atoms with Crippen LogP contribution in [0.5, 0.6) is 11.5 Å². The van der Waals surface area contributed by atoms with Crippen molar-refractivity contribution in [2.24, 2.45) is 0 Å². The molecule has 35 heavy (non-hydrogen) atoms. The summed E-state index contributed by atoms with van der Waals surface area (Å²) in [7, 11) is 2.86. The number of carbonyl (C=O) groups excluding carboxylic acids is 2. The largest absolute Gasteiger partial charge is 0.497 e. The predicted octanol–water partition coefficient (Wildman–Crippen LogP) is 4.42. The third-order valence-electron chi connectivity index (χ3n) is 5.41. The van der Waals surface area contributed by atoms with Crippen molar-refractivity contribution >= 4 is 41.0 Å². The molecule has 0 saturated carbocycles. The number of nitrogens with zero attached hydrogens (tertiary/aromatic N) is 2. The first-order chi connectivity index (χ1) is 17.0. The maximum atomic E-state index is 13.4. The van der Waals surface area contributed by atoms with E-state index in [1.54, 1.807) is 37.5 Å². The summed E-state index contributed by atoms with van der Waals surface area (Å²) in [5.74, 6) is 0.513. The van der Waals surface area contributed by atoms with E-state index in [0.29, 0.717) is 23.8 Å². The molecule has 4 rings (SSSR count). The molecule has 0 bridgehead atoms. The second kappa shape index (κ2) is 10.8. The van der Waals surface area contributed by atoms with Crippen molar-refractivity contribution in [1.82, 2.24) is 4.90 Å². The number of benzene rings is 3. The Balaban J connectivity index is 1.58. The molecule has 1 aliphatic rings. The molecule has 0 atom stereocenters. The molecule has 0 radical (unpaired) electrons. The Morgan fingerprint density at radius 3 is 2.20 bits per heavy atom. The number of thiocarbonyl (C=S) groups is 1. The van der Waals surface area contributed by atoms with Crippen LogP contribution in [-0.2, 0) is 20.9 Å². The summed E-state index contributed by atoms with van der Waals surface area (Å²) >= 11 is 5.57. The fourth-order valence-corrected chi connectivity index (χ4v) is 3.90. The SMILES string of the molecule is COC(=O)CN1C(=S)N(c2ccc(OC)cc2)C(=O)/C1=C/c1ccc(OCc2ccccc2)cc1. The van der Waals surface area contributed by atoms with Crippen LogP contribution in [0.3, 0.4) is 0 Å². The molecule has 3 aromatic carbocycles. The molecule has 0 unspecified atom stereocenters. The summed E-state index contributed by atoms with van der Waals surface area (Å²) < 4.78 is 15.8. The highest BCUT2D eigenvalue weighted by atomic mass is 32.1. The Labute approximate surface area is 209 Å². The Bertz CT molecular complexity index is 1240. The number of hydrogen-bond donors (Lipinski definition) is 0. The van der Waals surface area contributed by atoms with Gasteiger partial charge in [-0.3, -0.25) is 14.5 Å². The molecule has 1 saturated heterocycles. The van der Waals surface area contributed by atoms with E-state index in [-0.39, 0.29) is 23.3 Å². The summed E-state index contributed by atoms with van der Waals surface area (Å²) in [6, 6.07) is 24.2. The van der Waals surface area contributed by atoms with Crippen LogP contribution in [0.4, 0.5) is 5.69 Å². The van der Waals surface area contributed by atoms with Crippen LogP contribution in [0, 0.1) is 0 Å². The minimum absolute atomic E-state index is 0.183. The molecule has 7 nitrogen and oxygen atoms in total. The Morgan fingerprint density at radius 1 is 0.914 bits per heavy atom. The number of methoxy groups -OCH3 is 2. The van der Waals surface area contributed by atoms with Gasteiger partial charge in [0.25, 0.3) is 5.91 Å². The average Bonchev–Trinajstić information content (AvgIpc) is 3.12. The quantitative estimate of drug-likeness (QED) is 0.264. The summed E-state index contributed by atoms with van der Waals surface area (Å²) in [5, 5.41) is 0.194. The molecule has 1 aliphatic heterocycles. The number of hydrogen-bond acceptors (Lipinski definition) is 6. The molecule has 3 aromatic rings. The number of rotatable bonds is 8. The molecule has 1 amide bonds. The van der Waals surface area contributed by atoms with E-state index in [4.69, 9.17) is 26.4 Å². The highest BCUT2D eigenvalue weighted by molar-refractivity contribution is 7.80. The Morgan fingerprint density at radius 2 is 1.57 bits per heavy atom. The molecule has 8 heteroatoms. The summed E-state index contributed by atoms with van der Waals surface area (Å²) in [5.41, 5.74) is 2.67. The van der Waals surface area contributed by atoms with E-state index in [0.717, 1.165) is 11.1 Å². The van der Waals surface area contributed by atoms with Gasteiger partial charge in [-0.1, -0.05) is 42.5 Å². The van der Waals surface area contributed by atoms with Gasteiger partial charge in [-0.05, 0) is 65.8 Å². The Hall–Kier alpha value is -4.17. The van der Waals surface area contributed by atoms with E-state index < -0.39 is 5.97 Å². The number of ether oxygens (including phenoxy) is 3. The van der Waals surface area contributed by atoms with Gasteiger partial charge in [0.05, 0.1) is 19.9 Å². The van der Waals surface area contributed by atoms with Crippen molar-refractivity contribution in [3.05, 3.63) is 95.7 Å². The van der Waals surface area contributed by atoms with E-state index in [1.165, 1.54) is 16.9 Å². The van der Waals surface area contributed by atoms with Gasteiger partial charge in [-0.25, -0.2) is 0 Å². The van der Waals surface area contributed by atoms with Crippen molar-refractivity contribution < 1.29 is 23.8 Å². The molecular formula is C27H24N2O5S. The van der Waals surface area contributed by atoms with Gasteiger partial charge >= 0.3 is 5.97 Å². The third-order valence-corrected chi connectivity index (χ3v) is 5.82. The molecule has 1 fully saturated rings. The van der Waals surface area contributed by atoms with Gasteiger partial charge in [0.2, 0.25) is 0 Å². The highest BCUT2D eigenvalue weighted by Gasteiger charge is 2.40. The molecule has 0 aliphatic carbocycles. The van der Waals surface area contributed by atoms with Crippen molar-refractivity contribution in [1.29, 1.82) is 0 Å². The Kier molecular flexibility index (Phi) is 7.42. The first-order valence-corrected chi connectivity index (χ1v) is 11.3. The number of amides is 1. The van der Waals surface area contributed by atoms with Gasteiger partial charge in [0, 0.05) is 0 Å². The fraction of sp³-hybridized carbons (Fsp3) is 0.148. The van der Waals surface area contributed by atoms with Crippen molar-refractivity contribution in [2.45, 2.75) is 6.61 Å². The van der Waals surface area contributed by atoms with Gasteiger partial charge in [-0.15, -0.1) is 0 Å². The van der Waals surface area contributed by atoms with E-state index in [2.05, 4.69) is 0 Å². The van der Waals surface area contributed by atoms with Gasteiger partial charge < -0.3 is 19.1 Å². The lowest BCUT2D eigenvalue weighted by Crippen LogP contribution is -2.35. The monoisotopic (exact) mass is 488 g/mol. The minimum atomic E-state index is -0.507. The van der Waals surface area contributed by atoms with Crippen LogP contribution in [0.1, 0.15) is 11.1 Å². The van der Waals surface area contributed by atoms with Crippen molar-refractivity contribution in [2.75, 3.05) is 25.7 Å². The predicted molar refractivity (Wildman–Crippen MR) is 137 cm³/mol. The van der Waals surface area contributed by atoms with Crippen LogP contribution in [0.15, 0.2) is 84.6 Å². The highest BCUT2D eigenvalue weighted by Crippen LogP contribution is 2.30. The van der Waals surface area contributed by atoms with Crippen LogP contribution >= 0.6 is 12.2 Å². The van der Waals surface area contributed by atoms with E-state index in [1.807, 2.05) is 54.6 Å². The van der Waals surface area contributed by atoms with Crippen molar-refractivity contribution in [3.63, 3.8) is 0 Å². The van der Waals surface area contributed by atoms with Crippen LogP contribution < -0.4 is 14.4 Å². The molecule has 178 valence electrons. The first-order valence-electron chi connectivity index (χ1n) is 10.9. The first kappa shape index (κ1) is 24.0. The van der Waals surface area contributed by atoms with E-state index in [9.17, 15) is 9.59 Å². The lowest BCUT2D eigenvalue weighted by molar-refractivity contribution is -0.140. The number of anilines is 1. The summed E-state index contributed by atoms with van der Waals surface area (Å²) in [6.45, 7) is 0.273. The summed E-state index contributed by atoms with van der Waals surface area (Å²) in [6.07, 6.45) is 1.70. The molecular weight excluding hydrogens is 464 g/mol. The van der Waals surface area contributed by atoms with Gasteiger partial charge in [-0.2, -0.15) is 0 Å². The van der Waals surface area contributed by atoms with Crippen molar-refractivity contribution in [3.8, 4) is 11.5 Å². The third kappa shape index (κ3) is 5.50. The zero-order chi connectivity index (χ0) is 24.8. The second-order valence-electron chi connectivity index (χ2n) is 7.66. The lowest BCUT2D eigenvalue weighted by Gasteiger charge is -2.19. The zero-order valence-corrected chi connectivity index (χ0v) is 20.2. The fourth-order valence-electron chi connectivity index (χ4n) is 3.54. The van der Waals surface area contributed by atoms with Crippen LogP contribution in [0.25, 0.3) is 6.08 Å².